The molecule has 0 bridgehead atoms. The molecule has 43 heavy (non-hydrogen) atoms. The molecule has 0 aromatic rings. The molecule has 0 saturated heterocycles. The van der Waals surface area contributed by atoms with E-state index >= 15 is 0 Å². The number of unbranched alkanes of at least 4 members (excludes halogenated alkanes) is 19. The Balaban J connectivity index is 3.62. The van der Waals surface area contributed by atoms with Gasteiger partial charge in [-0.3, -0.25) is 4.79 Å². The van der Waals surface area contributed by atoms with E-state index in [4.69, 9.17) is 0 Å². The summed E-state index contributed by atoms with van der Waals surface area (Å²) in [5, 5.41) is 42.6. The molecule has 5 N–H and O–H groups in total. The molecule has 0 aromatic carbocycles. The van der Waals surface area contributed by atoms with Crippen LogP contribution in [-0.2, 0) is 4.79 Å². The van der Waals surface area contributed by atoms with Crippen LogP contribution in [0, 0.1) is 0 Å². The van der Waals surface area contributed by atoms with E-state index in [2.05, 4.69) is 43.5 Å². The minimum Gasteiger partial charge on any atom is -0.394 e. The van der Waals surface area contributed by atoms with Gasteiger partial charge in [-0.05, 0) is 44.9 Å². The number of amides is 1. The summed E-state index contributed by atoms with van der Waals surface area (Å²) in [6.45, 7) is 3.84. The van der Waals surface area contributed by atoms with Gasteiger partial charge < -0.3 is 25.7 Å². The third-order valence-electron chi connectivity index (χ3n) is 8.42. The van der Waals surface area contributed by atoms with Crippen LogP contribution in [0.5, 0.6) is 0 Å². The van der Waals surface area contributed by atoms with Crippen molar-refractivity contribution in [2.45, 2.75) is 199 Å². The fraction of sp³-hybridized carbons (Fsp3) is 0.865. The number of hydrogen-bond donors (Lipinski definition) is 5. The molecule has 4 atom stereocenters. The fourth-order valence-electron chi connectivity index (χ4n) is 5.43. The number of allylic oxidation sites excluding steroid dienone is 4. The van der Waals surface area contributed by atoms with Crippen molar-refractivity contribution in [1.82, 2.24) is 5.32 Å². The quantitative estimate of drug-likeness (QED) is 0.0388. The Bertz CT molecular complexity index is 653. The highest BCUT2D eigenvalue weighted by atomic mass is 16.3. The second-order valence-corrected chi connectivity index (χ2v) is 12.6. The summed E-state index contributed by atoms with van der Waals surface area (Å²) in [6, 6.07) is -0.981. The van der Waals surface area contributed by atoms with Gasteiger partial charge in [0.25, 0.3) is 0 Å². The Labute approximate surface area is 265 Å². The van der Waals surface area contributed by atoms with E-state index in [0.29, 0.717) is 12.8 Å². The number of hydrogen-bond acceptors (Lipinski definition) is 5. The lowest BCUT2D eigenvalue weighted by molar-refractivity contribution is -0.132. The Morgan fingerprint density at radius 3 is 1.49 bits per heavy atom. The van der Waals surface area contributed by atoms with E-state index in [0.717, 1.165) is 51.4 Å². The van der Waals surface area contributed by atoms with Crippen molar-refractivity contribution in [2.75, 3.05) is 6.61 Å². The number of carbonyl (C=O) groups excluding carboxylic acids is 1. The lowest BCUT2D eigenvalue weighted by atomic mass is 10.00. The minimum absolute atomic E-state index is 0.361. The number of aliphatic hydroxyl groups is 4. The van der Waals surface area contributed by atoms with Crippen molar-refractivity contribution < 1.29 is 25.2 Å². The first kappa shape index (κ1) is 41.8. The first-order chi connectivity index (χ1) is 21.0. The highest BCUT2D eigenvalue weighted by Crippen LogP contribution is 2.14. The van der Waals surface area contributed by atoms with Crippen molar-refractivity contribution in [1.29, 1.82) is 0 Å². The standard InChI is InChI=1S/C37H71NO5/c1-3-5-7-8-9-10-11-12-13-14-15-16-17-18-19-20-21-22-23-24-25-26-27-29-31-35(41)37(43)38-33(32-39)36(42)34(40)30-28-6-4-2/h15-16,18-19,33-36,39-42H,3-14,17,20-32H2,1-2H3,(H,38,43)/b16-15-,19-18-. The Morgan fingerprint density at radius 1 is 0.581 bits per heavy atom. The maximum atomic E-state index is 12.3. The van der Waals surface area contributed by atoms with Crippen molar-refractivity contribution in [3.63, 3.8) is 0 Å². The molecule has 254 valence electrons. The molecule has 0 aromatic heterocycles. The average Bonchev–Trinajstić information content (AvgIpc) is 3.01. The molecule has 0 heterocycles. The predicted molar refractivity (Wildman–Crippen MR) is 182 cm³/mol. The smallest absolute Gasteiger partial charge is 0.249 e. The number of nitrogens with one attached hydrogen (secondary N) is 1. The topological polar surface area (TPSA) is 110 Å². The highest BCUT2D eigenvalue weighted by Gasteiger charge is 2.28. The summed E-state index contributed by atoms with van der Waals surface area (Å²) in [7, 11) is 0. The zero-order valence-corrected chi connectivity index (χ0v) is 28.2. The van der Waals surface area contributed by atoms with Crippen LogP contribution in [0.25, 0.3) is 0 Å². The third-order valence-corrected chi connectivity index (χ3v) is 8.42. The summed E-state index contributed by atoms with van der Waals surface area (Å²) in [4.78, 5) is 12.3. The summed E-state index contributed by atoms with van der Waals surface area (Å²) in [5.41, 5.74) is 0. The van der Waals surface area contributed by atoms with Gasteiger partial charge >= 0.3 is 0 Å². The van der Waals surface area contributed by atoms with E-state index in [1.165, 1.54) is 96.3 Å². The van der Waals surface area contributed by atoms with Gasteiger partial charge in [-0.25, -0.2) is 0 Å². The van der Waals surface area contributed by atoms with Crippen LogP contribution < -0.4 is 5.32 Å². The number of carbonyl (C=O) groups is 1. The summed E-state index contributed by atoms with van der Waals surface area (Å²) >= 11 is 0. The maximum absolute atomic E-state index is 12.3. The molecular weight excluding hydrogens is 538 g/mol. The van der Waals surface area contributed by atoms with E-state index in [1.54, 1.807) is 0 Å². The second-order valence-electron chi connectivity index (χ2n) is 12.6. The van der Waals surface area contributed by atoms with Crippen molar-refractivity contribution in [3.05, 3.63) is 24.3 Å². The lowest BCUT2D eigenvalue weighted by Gasteiger charge is -2.27. The SMILES string of the molecule is CCCCCCCCCCC/C=C\C/C=C\CCCCCCCCCCC(O)C(=O)NC(CO)C(O)C(O)CCCCC. The Hall–Kier alpha value is -1.21. The van der Waals surface area contributed by atoms with Gasteiger partial charge in [0, 0.05) is 0 Å². The molecule has 0 aliphatic heterocycles. The van der Waals surface area contributed by atoms with Gasteiger partial charge in [-0.1, -0.05) is 154 Å². The van der Waals surface area contributed by atoms with E-state index in [1.807, 2.05) is 0 Å². The van der Waals surface area contributed by atoms with Crippen LogP contribution >= 0.6 is 0 Å². The minimum atomic E-state index is -1.25. The van der Waals surface area contributed by atoms with Crippen LogP contribution in [-0.4, -0.2) is 57.3 Å². The van der Waals surface area contributed by atoms with E-state index in [9.17, 15) is 25.2 Å². The second kappa shape index (κ2) is 32.2. The Kier molecular flexibility index (Phi) is 31.3. The normalized spacial score (nSPS) is 14.8. The zero-order chi connectivity index (χ0) is 31.8. The molecule has 4 unspecified atom stereocenters. The summed E-state index contributed by atoms with van der Waals surface area (Å²) in [5.74, 6) is -0.599. The van der Waals surface area contributed by atoms with Gasteiger partial charge in [-0.15, -0.1) is 0 Å². The van der Waals surface area contributed by atoms with Gasteiger partial charge in [-0.2, -0.15) is 0 Å². The van der Waals surface area contributed by atoms with Gasteiger partial charge in [0.2, 0.25) is 5.91 Å². The number of rotatable bonds is 32. The first-order valence-corrected chi connectivity index (χ1v) is 18.2. The van der Waals surface area contributed by atoms with Crippen molar-refractivity contribution in [2.24, 2.45) is 0 Å². The first-order valence-electron chi connectivity index (χ1n) is 18.2. The highest BCUT2D eigenvalue weighted by molar-refractivity contribution is 5.80. The van der Waals surface area contributed by atoms with E-state index in [-0.39, 0.29) is 0 Å². The van der Waals surface area contributed by atoms with Crippen LogP contribution in [0.2, 0.25) is 0 Å². The monoisotopic (exact) mass is 610 g/mol. The molecule has 6 nitrogen and oxygen atoms in total. The largest absolute Gasteiger partial charge is 0.394 e. The zero-order valence-electron chi connectivity index (χ0n) is 28.2. The molecular formula is C37H71NO5. The van der Waals surface area contributed by atoms with Gasteiger partial charge in [0.05, 0.1) is 18.8 Å². The van der Waals surface area contributed by atoms with Crippen LogP contribution in [0.15, 0.2) is 24.3 Å². The van der Waals surface area contributed by atoms with Gasteiger partial charge in [0.1, 0.15) is 12.2 Å². The molecule has 0 aliphatic carbocycles. The van der Waals surface area contributed by atoms with Crippen molar-refractivity contribution in [3.8, 4) is 0 Å². The van der Waals surface area contributed by atoms with Crippen LogP contribution in [0.3, 0.4) is 0 Å². The maximum Gasteiger partial charge on any atom is 0.249 e. The molecule has 0 spiro atoms. The van der Waals surface area contributed by atoms with Crippen molar-refractivity contribution >= 4 is 5.91 Å². The molecule has 0 fully saturated rings. The molecule has 1 amide bonds. The molecule has 0 aliphatic rings. The average molecular weight is 610 g/mol. The van der Waals surface area contributed by atoms with E-state index < -0.39 is 36.9 Å². The molecule has 0 rings (SSSR count). The molecule has 0 saturated carbocycles. The third kappa shape index (κ3) is 26.9. The summed E-state index contributed by atoms with van der Waals surface area (Å²) in [6.07, 6.45) is 34.3. The fourth-order valence-corrected chi connectivity index (χ4v) is 5.43. The molecule has 0 radical (unpaired) electrons. The number of aliphatic hydroxyl groups excluding tert-OH is 4. The van der Waals surface area contributed by atoms with Crippen LogP contribution in [0.1, 0.15) is 174 Å². The predicted octanol–water partition coefficient (Wildman–Crippen LogP) is 8.45. The molecule has 6 heteroatoms. The lowest BCUT2D eigenvalue weighted by Crippen LogP contribution is -2.53. The van der Waals surface area contributed by atoms with Crippen LogP contribution in [0.4, 0.5) is 0 Å². The summed E-state index contributed by atoms with van der Waals surface area (Å²) < 4.78 is 0. The Morgan fingerprint density at radius 2 is 1.00 bits per heavy atom. The van der Waals surface area contributed by atoms with Gasteiger partial charge in [0.15, 0.2) is 0 Å².